The quantitative estimate of drug-likeness (QED) is 0.0812. The molecule has 210 valence electrons. The Bertz CT molecular complexity index is 1240. The lowest BCUT2D eigenvalue weighted by molar-refractivity contribution is -0.604. The van der Waals surface area contributed by atoms with Crippen LogP contribution in [0.3, 0.4) is 0 Å². The maximum atomic E-state index is 12.3. The lowest BCUT2D eigenvalue weighted by Gasteiger charge is -2.32. The molecule has 2 aromatic rings. The van der Waals surface area contributed by atoms with E-state index < -0.39 is 57.1 Å². The molecule has 1 saturated heterocycles. The number of halogens is 1. The minimum Gasteiger partial charge on any atom is -0.393 e. The van der Waals surface area contributed by atoms with E-state index >= 15 is 0 Å². The third-order valence-electron chi connectivity index (χ3n) is 6.96. The van der Waals surface area contributed by atoms with Crippen molar-refractivity contribution >= 4 is 41.9 Å². The fraction of sp³-hybridized carbons (Fsp3) is 0.684. The minimum absolute atomic E-state index is 0.0438. The van der Waals surface area contributed by atoms with E-state index in [9.17, 15) is 29.7 Å². The molecule has 1 saturated carbocycles. The van der Waals surface area contributed by atoms with E-state index in [0.717, 1.165) is 25.7 Å². The van der Waals surface area contributed by atoms with Crippen molar-refractivity contribution in [2.24, 2.45) is 5.10 Å². The number of fused-ring (bicyclic) bond motifs is 1. The fourth-order valence-corrected chi connectivity index (χ4v) is 5.78. The molecular weight excluding hydrogens is 549 g/mol. The van der Waals surface area contributed by atoms with Gasteiger partial charge in [0, 0.05) is 6.04 Å². The van der Waals surface area contributed by atoms with E-state index in [1.54, 1.807) is 0 Å². The summed E-state index contributed by atoms with van der Waals surface area (Å²) in [6.07, 6.45) is -0.184. The summed E-state index contributed by atoms with van der Waals surface area (Å²) < 4.78 is 24.9. The Hall–Kier alpha value is -2.02. The summed E-state index contributed by atoms with van der Waals surface area (Å²) in [6, 6.07) is 0.240. The minimum atomic E-state index is -5.06. The van der Waals surface area contributed by atoms with E-state index in [1.165, 1.54) is 16.3 Å². The normalized spacial score (nSPS) is 28.0. The Morgan fingerprint density at radius 2 is 2.05 bits per heavy atom. The molecule has 0 spiro atoms. The van der Waals surface area contributed by atoms with Gasteiger partial charge < -0.3 is 39.9 Å². The summed E-state index contributed by atoms with van der Waals surface area (Å²) in [5, 5.41) is 41.0. The summed E-state index contributed by atoms with van der Waals surface area (Å²) >= 11 is 6.17. The number of hydrazine groups is 1. The number of nitrogens with one attached hydrogen (secondary N) is 3. The van der Waals surface area contributed by atoms with Crippen LogP contribution in [0.4, 0.5) is 5.82 Å². The summed E-state index contributed by atoms with van der Waals surface area (Å²) in [6.45, 7) is -1.62. The van der Waals surface area contributed by atoms with Crippen molar-refractivity contribution in [1.29, 1.82) is 0 Å². The zero-order valence-corrected chi connectivity index (χ0v) is 21.7. The van der Waals surface area contributed by atoms with Gasteiger partial charge in [-0.1, -0.05) is 18.4 Å². The van der Waals surface area contributed by atoms with Crippen LogP contribution in [0.15, 0.2) is 11.3 Å². The predicted molar refractivity (Wildman–Crippen MR) is 130 cm³/mol. The second-order valence-corrected chi connectivity index (χ2v) is 11.7. The van der Waals surface area contributed by atoms with Crippen LogP contribution in [0, 0.1) is 0 Å². The standard InChI is InChI=1S/C19H29ClN9O8P/c20-18-23-15(22-9-3-1-2-4-9)10-6-21-29(16(10)24-18)17-14(32)13(31)11(37-17)7-36-19(8-30,38(33,34)35)5-12-25-27-28-26-12/h6,9,11,13-14,17,27-28,30-32H,1-5,7-8H2,(H,25,26)(H,22,23,24)(H2,33,34,35)/p+1. The molecule has 19 heteroatoms. The van der Waals surface area contributed by atoms with E-state index in [-0.39, 0.29) is 22.8 Å². The molecule has 1 aliphatic carbocycles. The van der Waals surface area contributed by atoms with Gasteiger partial charge in [-0.25, -0.2) is 10.1 Å². The zero-order valence-electron chi connectivity index (χ0n) is 20.0. The molecule has 0 amide bonds. The van der Waals surface area contributed by atoms with Crippen LogP contribution < -0.4 is 21.8 Å². The van der Waals surface area contributed by atoms with Gasteiger partial charge in [0.2, 0.25) is 16.5 Å². The van der Waals surface area contributed by atoms with Crippen LogP contribution in [-0.4, -0.2) is 93.6 Å². The van der Waals surface area contributed by atoms with Gasteiger partial charge in [0.1, 0.15) is 24.1 Å². The van der Waals surface area contributed by atoms with Gasteiger partial charge in [-0.05, 0) is 24.4 Å². The molecule has 5 atom stereocenters. The Morgan fingerprint density at radius 1 is 1.29 bits per heavy atom. The number of quaternary nitrogens is 1. The number of aromatic nitrogens is 4. The van der Waals surface area contributed by atoms with Gasteiger partial charge in [-0.15, -0.1) is 5.10 Å². The molecule has 17 nitrogen and oxygen atoms in total. The lowest BCUT2D eigenvalue weighted by atomic mass is 10.1. The van der Waals surface area contributed by atoms with Crippen molar-refractivity contribution in [2.75, 3.05) is 18.5 Å². The SMILES string of the molecule is O=P(O)(O)C(CO)(CC1=NNN[NH2+]1)OCC1OC(n2ncc3c(NC4CCCC4)nc(Cl)nc32)C(O)C1O. The lowest BCUT2D eigenvalue weighted by Crippen LogP contribution is -2.95. The van der Waals surface area contributed by atoms with Gasteiger partial charge in [-0.3, -0.25) is 4.57 Å². The fourth-order valence-electron chi connectivity index (χ4n) is 4.82. The molecular formula is C19H30ClN9O8P+. The Kier molecular flexibility index (Phi) is 7.87. The second kappa shape index (κ2) is 10.9. The average Bonchev–Trinajstić information content (AvgIpc) is 3.67. The largest absolute Gasteiger partial charge is 0.393 e. The smallest absolute Gasteiger partial charge is 0.360 e. The molecule has 0 aromatic carbocycles. The zero-order chi connectivity index (χ0) is 27.1. The first kappa shape index (κ1) is 27.5. The van der Waals surface area contributed by atoms with Gasteiger partial charge in [0.15, 0.2) is 11.9 Å². The topological polar surface area (TPSA) is 245 Å². The van der Waals surface area contributed by atoms with Gasteiger partial charge in [0.25, 0.3) is 0 Å². The molecule has 38 heavy (non-hydrogen) atoms. The molecule has 5 unspecified atom stereocenters. The van der Waals surface area contributed by atoms with E-state index in [1.807, 2.05) is 0 Å². The van der Waals surface area contributed by atoms with Crippen LogP contribution in [-0.2, 0) is 14.0 Å². The van der Waals surface area contributed by atoms with Crippen LogP contribution in [0.2, 0.25) is 5.28 Å². The molecule has 0 bridgehead atoms. The first-order valence-electron chi connectivity index (χ1n) is 12.0. The first-order valence-corrected chi connectivity index (χ1v) is 14.0. The van der Waals surface area contributed by atoms with Crippen molar-refractivity contribution in [1.82, 2.24) is 30.8 Å². The molecule has 0 radical (unpaired) electrons. The third-order valence-corrected chi connectivity index (χ3v) is 8.61. The first-order chi connectivity index (χ1) is 18.1. The number of aliphatic hydroxyl groups is 3. The van der Waals surface area contributed by atoms with Crippen molar-refractivity contribution in [3.8, 4) is 0 Å². The van der Waals surface area contributed by atoms with Gasteiger partial charge in [0.05, 0.1) is 31.2 Å². The highest BCUT2D eigenvalue weighted by molar-refractivity contribution is 7.53. The van der Waals surface area contributed by atoms with Crippen molar-refractivity contribution in [2.45, 2.75) is 68.0 Å². The van der Waals surface area contributed by atoms with Crippen LogP contribution >= 0.6 is 19.2 Å². The van der Waals surface area contributed by atoms with Crippen molar-refractivity contribution in [3.05, 3.63) is 11.5 Å². The summed E-state index contributed by atoms with van der Waals surface area (Å²) in [5.74, 6) is 0.686. The number of hydrogen-bond donors (Lipinski definition) is 9. The number of hydrogen-bond acceptors (Lipinski definition) is 13. The number of anilines is 1. The number of ether oxygens (including phenoxy) is 2. The summed E-state index contributed by atoms with van der Waals surface area (Å²) in [4.78, 5) is 28.5. The molecule has 4 heterocycles. The number of nitrogens with zero attached hydrogens (tertiary/aromatic N) is 5. The van der Waals surface area contributed by atoms with E-state index in [0.29, 0.717) is 11.2 Å². The van der Waals surface area contributed by atoms with Crippen molar-refractivity contribution < 1.29 is 44.6 Å². The van der Waals surface area contributed by atoms with Gasteiger partial charge >= 0.3 is 7.60 Å². The molecule has 2 aliphatic heterocycles. The maximum Gasteiger partial charge on any atom is 0.360 e. The average molecular weight is 579 g/mol. The van der Waals surface area contributed by atoms with Crippen molar-refractivity contribution in [3.63, 3.8) is 0 Å². The number of rotatable bonds is 10. The van der Waals surface area contributed by atoms with Gasteiger partial charge in [-0.2, -0.15) is 20.6 Å². The third kappa shape index (κ3) is 5.24. The monoisotopic (exact) mass is 578 g/mol. The maximum absolute atomic E-state index is 12.3. The molecule has 2 aromatic heterocycles. The summed E-state index contributed by atoms with van der Waals surface area (Å²) in [7, 11) is -5.06. The molecule has 2 fully saturated rings. The Morgan fingerprint density at radius 3 is 2.71 bits per heavy atom. The van der Waals surface area contributed by atoms with Crippen LogP contribution in [0.25, 0.3) is 11.0 Å². The van der Waals surface area contributed by atoms with E-state index in [2.05, 4.69) is 36.6 Å². The number of nitrogens with two attached hydrogens (primary N) is 1. The number of amidine groups is 1. The van der Waals surface area contributed by atoms with Crippen LogP contribution in [0.1, 0.15) is 38.3 Å². The highest BCUT2D eigenvalue weighted by Gasteiger charge is 2.53. The Balaban J connectivity index is 1.35. The van der Waals surface area contributed by atoms with E-state index in [4.69, 9.17) is 21.1 Å². The molecule has 10 N–H and O–H groups in total. The second-order valence-electron chi connectivity index (χ2n) is 9.48. The predicted octanol–water partition coefficient (Wildman–Crippen LogP) is -2.37. The summed E-state index contributed by atoms with van der Waals surface area (Å²) in [5.41, 5.74) is 6.57. The number of hydrazone groups is 1. The molecule has 5 rings (SSSR count). The Labute approximate surface area is 220 Å². The van der Waals surface area contributed by atoms with Crippen LogP contribution in [0.5, 0.6) is 0 Å². The highest BCUT2D eigenvalue weighted by atomic mass is 35.5. The highest BCUT2D eigenvalue weighted by Crippen LogP contribution is 2.53. The number of aliphatic hydroxyl groups excluding tert-OH is 3. The molecule has 3 aliphatic rings.